The molecular weight excluding hydrogens is 436 g/mol. The first kappa shape index (κ1) is 25.2. The number of hydrogen-bond donors (Lipinski definition) is 5. The first-order chi connectivity index (χ1) is 16.2. The van der Waals surface area contributed by atoms with Crippen molar-refractivity contribution in [3.8, 4) is 0 Å². The van der Waals surface area contributed by atoms with Gasteiger partial charge in [0.2, 0.25) is 23.6 Å². The van der Waals surface area contributed by atoms with Gasteiger partial charge in [-0.25, -0.2) is 0 Å². The lowest BCUT2D eigenvalue weighted by Gasteiger charge is -2.29. The van der Waals surface area contributed by atoms with Crippen LogP contribution in [0.15, 0.2) is 30.5 Å². The number of para-hydroxylation sites is 1. The molecule has 3 rings (SSSR count). The van der Waals surface area contributed by atoms with Gasteiger partial charge in [0, 0.05) is 23.6 Å². The molecule has 4 unspecified atom stereocenters. The molecule has 1 fully saturated rings. The highest BCUT2D eigenvalue weighted by Crippen LogP contribution is 2.22. The van der Waals surface area contributed by atoms with Crippen LogP contribution in [0, 0.1) is 5.92 Å². The average Bonchev–Trinajstić information content (AvgIpc) is 3.47. The molecule has 4 amide bonds. The maximum absolute atomic E-state index is 13.2. The highest BCUT2D eigenvalue weighted by molar-refractivity contribution is 5.94. The Morgan fingerprint density at radius 1 is 1.24 bits per heavy atom. The number of likely N-dealkylation sites (tertiary alicyclic amines) is 1. The van der Waals surface area contributed by atoms with Gasteiger partial charge in [-0.05, 0) is 36.8 Å². The van der Waals surface area contributed by atoms with E-state index in [1.165, 1.54) is 4.90 Å². The van der Waals surface area contributed by atoms with Gasteiger partial charge < -0.3 is 32.0 Å². The summed E-state index contributed by atoms with van der Waals surface area (Å²) >= 11 is 0. The second-order valence-electron chi connectivity index (χ2n) is 8.92. The Bertz CT molecular complexity index is 1050. The smallest absolute Gasteiger partial charge is 0.243 e. The van der Waals surface area contributed by atoms with Gasteiger partial charge in [0.15, 0.2) is 0 Å². The van der Waals surface area contributed by atoms with Crippen LogP contribution in [0.3, 0.4) is 0 Å². The molecule has 2 aromatic rings. The van der Waals surface area contributed by atoms with E-state index in [4.69, 9.17) is 11.5 Å². The Morgan fingerprint density at radius 2 is 1.97 bits per heavy atom. The van der Waals surface area contributed by atoms with Crippen molar-refractivity contribution in [1.82, 2.24) is 20.5 Å². The van der Waals surface area contributed by atoms with Crippen LogP contribution in [0.4, 0.5) is 0 Å². The maximum Gasteiger partial charge on any atom is 0.243 e. The summed E-state index contributed by atoms with van der Waals surface area (Å²) < 4.78 is 0. The number of aromatic amines is 1. The number of carbonyl (C=O) groups is 4. The second kappa shape index (κ2) is 11.1. The SMILES string of the molecule is CCC(C)C(NC(=O)C1CCCN1C(=O)C(N)Cc1c[nH]c2ccccc12)C(=O)NCC(N)=O. The van der Waals surface area contributed by atoms with Crippen molar-refractivity contribution >= 4 is 34.5 Å². The van der Waals surface area contributed by atoms with Crippen LogP contribution in [-0.4, -0.2) is 64.7 Å². The number of rotatable bonds is 10. The second-order valence-corrected chi connectivity index (χ2v) is 8.92. The van der Waals surface area contributed by atoms with Gasteiger partial charge in [-0.3, -0.25) is 19.2 Å². The third-order valence-electron chi connectivity index (χ3n) is 6.50. The van der Waals surface area contributed by atoms with E-state index >= 15 is 0 Å². The number of fused-ring (bicyclic) bond motifs is 1. The fraction of sp³-hybridized carbons (Fsp3) is 0.500. The van der Waals surface area contributed by atoms with Crippen LogP contribution < -0.4 is 22.1 Å². The molecule has 0 saturated carbocycles. The topological polar surface area (TPSA) is 163 Å². The molecule has 0 bridgehead atoms. The number of benzene rings is 1. The number of primary amides is 1. The normalized spacial score (nSPS) is 18.3. The summed E-state index contributed by atoms with van der Waals surface area (Å²) in [7, 11) is 0. The minimum absolute atomic E-state index is 0.175. The van der Waals surface area contributed by atoms with Crippen LogP contribution >= 0.6 is 0 Å². The number of hydrogen-bond acceptors (Lipinski definition) is 5. The molecule has 1 aromatic heterocycles. The Hall–Kier alpha value is -3.40. The van der Waals surface area contributed by atoms with Crippen molar-refractivity contribution < 1.29 is 19.2 Å². The lowest BCUT2D eigenvalue weighted by molar-refractivity contribution is -0.140. The number of nitrogens with zero attached hydrogens (tertiary/aromatic N) is 1. The quantitative estimate of drug-likeness (QED) is 0.333. The molecule has 10 nitrogen and oxygen atoms in total. The lowest BCUT2D eigenvalue weighted by atomic mass is 9.97. The van der Waals surface area contributed by atoms with E-state index in [-0.39, 0.29) is 18.4 Å². The summed E-state index contributed by atoms with van der Waals surface area (Å²) in [6.07, 6.45) is 4.00. The molecule has 0 spiro atoms. The molecule has 1 aliphatic heterocycles. The number of carbonyl (C=O) groups excluding carboxylic acids is 4. The number of nitrogens with one attached hydrogen (secondary N) is 3. The van der Waals surface area contributed by atoms with Crippen molar-refractivity contribution in [2.24, 2.45) is 17.4 Å². The summed E-state index contributed by atoms with van der Waals surface area (Å²) in [6, 6.07) is 5.47. The van der Waals surface area contributed by atoms with Crippen molar-refractivity contribution in [3.05, 3.63) is 36.0 Å². The molecule has 1 aliphatic rings. The summed E-state index contributed by atoms with van der Waals surface area (Å²) in [6.45, 7) is 3.86. The maximum atomic E-state index is 13.2. The molecule has 7 N–H and O–H groups in total. The van der Waals surface area contributed by atoms with Gasteiger partial charge in [0.1, 0.15) is 12.1 Å². The van der Waals surface area contributed by atoms with E-state index in [9.17, 15) is 19.2 Å². The highest BCUT2D eigenvalue weighted by atomic mass is 16.2. The van der Waals surface area contributed by atoms with Gasteiger partial charge in [0.25, 0.3) is 0 Å². The standard InChI is InChI=1S/C24H34N6O4/c1-3-14(2)21(23(33)28-13-20(26)31)29-22(32)19-9-6-10-30(19)24(34)17(25)11-15-12-27-18-8-5-4-7-16(15)18/h4-5,7-8,12,14,17,19,21,27H,3,6,9-11,13,25H2,1-2H3,(H2,26,31)(H,28,33)(H,29,32). The molecule has 184 valence electrons. The molecule has 1 saturated heterocycles. The minimum atomic E-state index is -0.839. The summed E-state index contributed by atoms with van der Waals surface area (Å²) in [5.41, 5.74) is 13.3. The van der Waals surface area contributed by atoms with Crippen molar-refractivity contribution in [2.45, 2.75) is 57.7 Å². The van der Waals surface area contributed by atoms with E-state index in [2.05, 4.69) is 15.6 Å². The van der Waals surface area contributed by atoms with Gasteiger partial charge >= 0.3 is 0 Å². The van der Waals surface area contributed by atoms with Crippen LogP contribution in [-0.2, 0) is 25.6 Å². The molecule has 0 radical (unpaired) electrons. The van der Waals surface area contributed by atoms with E-state index in [0.29, 0.717) is 32.2 Å². The Labute approximate surface area is 198 Å². The zero-order chi connectivity index (χ0) is 24.8. The van der Waals surface area contributed by atoms with Gasteiger partial charge in [-0.15, -0.1) is 0 Å². The Kier molecular flexibility index (Phi) is 8.27. The zero-order valence-corrected chi connectivity index (χ0v) is 19.7. The monoisotopic (exact) mass is 470 g/mol. The minimum Gasteiger partial charge on any atom is -0.368 e. The fourth-order valence-corrected chi connectivity index (χ4v) is 4.38. The van der Waals surface area contributed by atoms with E-state index < -0.39 is 35.8 Å². The highest BCUT2D eigenvalue weighted by Gasteiger charge is 2.38. The average molecular weight is 471 g/mol. The molecule has 4 atom stereocenters. The van der Waals surface area contributed by atoms with Crippen LogP contribution in [0.25, 0.3) is 10.9 Å². The third kappa shape index (κ3) is 5.74. The molecule has 0 aliphatic carbocycles. The summed E-state index contributed by atoms with van der Waals surface area (Å²) in [5.74, 6) is -2.01. The fourth-order valence-electron chi connectivity index (χ4n) is 4.38. The first-order valence-corrected chi connectivity index (χ1v) is 11.7. The van der Waals surface area contributed by atoms with Crippen molar-refractivity contribution in [3.63, 3.8) is 0 Å². The molecule has 1 aromatic carbocycles. The van der Waals surface area contributed by atoms with Crippen LogP contribution in [0.2, 0.25) is 0 Å². The van der Waals surface area contributed by atoms with Crippen molar-refractivity contribution in [1.29, 1.82) is 0 Å². The van der Waals surface area contributed by atoms with E-state index in [1.54, 1.807) is 0 Å². The number of H-pyrrole nitrogens is 1. The molecule has 2 heterocycles. The largest absolute Gasteiger partial charge is 0.368 e. The number of nitrogens with two attached hydrogens (primary N) is 2. The zero-order valence-electron chi connectivity index (χ0n) is 19.7. The number of aromatic nitrogens is 1. The van der Waals surface area contributed by atoms with Gasteiger partial charge in [-0.2, -0.15) is 0 Å². The van der Waals surface area contributed by atoms with Crippen LogP contribution in [0.1, 0.15) is 38.7 Å². The molecular formula is C24H34N6O4. The Balaban J connectivity index is 1.67. The van der Waals surface area contributed by atoms with E-state index in [0.717, 1.165) is 16.5 Å². The van der Waals surface area contributed by atoms with Crippen molar-refractivity contribution in [2.75, 3.05) is 13.1 Å². The molecule has 10 heteroatoms. The van der Waals surface area contributed by atoms with E-state index in [1.807, 2.05) is 44.3 Å². The molecule has 34 heavy (non-hydrogen) atoms. The summed E-state index contributed by atoms with van der Waals surface area (Å²) in [5, 5.41) is 6.25. The predicted molar refractivity (Wildman–Crippen MR) is 128 cm³/mol. The third-order valence-corrected chi connectivity index (χ3v) is 6.50. The number of amides is 4. The summed E-state index contributed by atoms with van der Waals surface area (Å²) in [4.78, 5) is 54.6. The lowest BCUT2D eigenvalue weighted by Crippen LogP contribution is -2.57. The van der Waals surface area contributed by atoms with Gasteiger partial charge in [0.05, 0.1) is 12.6 Å². The predicted octanol–water partition coefficient (Wildman–Crippen LogP) is 0.161. The van der Waals surface area contributed by atoms with Gasteiger partial charge in [-0.1, -0.05) is 38.5 Å². The first-order valence-electron chi connectivity index (χ1n) is 11.7. The van der Waals surface area contributed by atoms with Crippen LogP contribution in [0.5, 0.6) is 0 Å². The Morgan fingerprint density at radius 3 is 2.68 bits per heavy atom.